The fourth-order valence-corrected chi connectivity index (χ4v) is 4.26. The molecule has 0 aromatic heterocycles. The third kappa shape index (κ3) is 5.44. The van der Waals surface area contributed by atoms with Gasteiger partial charge in [-0.1, -0.05) is 18.2 Å². The third-order valence-electron chi connectivity index (χ3n) is 4.70. The van der Waals surface area contributed by atoms with E-state index in [1.54, 1.807) is 14.0 Å². The molecule has 0 bridgehead atoms. The summed E-state index contributed by atoms with van der Waals surface area (Å²) in [4.78, 5) is 12.3. The van der Waals surface area contributed by atoms with Crippen LogP contribution < -0.4 is 10.1 Å². The molecule has 1 amide bonds. The molecule has 1 fully saturated rings. The van der Waals surface area contributed by atoms with Gasteiger partial charge in [0.05, 0.1) is 12.9 Å². The summed E-state index contributed by atoms with van der Waals surface area (Å²) in [5.41, 5.74) is 1.14. The van der Waals surface area contributed by atoms with Crippen LogP contribution in [0.1, 0.15) is 31.7 Å². The van der Waals surface area contributed by atoms with E-state index in [4.69, 9.17) is 4.74 Å². The fourth-order valence-electron chi connectivity index (χ4n) is 3.12. The molecule has 0 spiro atoms. The Kier molecular flexibility index (Phi) is 7.25. The maximum absolute atomic E-state index is 12.3. The highest BCUT2D eigenvalue weighted by atomic mass is 32.2. The Labute approximate surface area is 150 Å². The lowest BCUT2D eigenvalue weighted by Gasteiger charge is -2.30. The summed E-state index contributed by atoms with van der Waals surface area (Å²) < 4.78 is 30.5. The van der Waals surface area contributed by atoms with Crippen LogP contribution in [0.15, 0.2) is 24.3 Å². The SMILES string of the molecule is CCS(=O)(=O)N1CCC(C(=O)NCCCc2ccccc2OC)CC1. The molecule has 7 heteroatoms. The van der Waals surface area contributed by atoms with Crippen molar-refractivity contribution in [3.63, 3.8) is 0 Å². The van der Waals surface area contributed by atoms with E-state index in [0.717, 1.165) is 24.2 Å². The predicted molar refractivity (Wildman–Crippen MR) is 98.1 cm³/mol. The van der Waals surface area contributed by atoms with Crippen molar-refractivity contribution in [2.45, 2.75) is 32.6 Å². The van der Waals surface area contributed by atoms with Gasteiger partial charge in [-0.05, 0) is 44.2 Å². The minimum absolute atomic E-state index is 0.0357. The second-order valence-electron chi connectivity index (χ2n) is 6.28. The van der Waals surface area contributed by atoms with E-state index in [2.05, 4.69) is 5.32 Å². The number of benzene rings is 1. The first-order valence-electron chi connectivity index (χ1n) is 8.85. The molecule has 0 unspecified atom stereocenters. The quantitative estimate of drug-likeness (QED) is 0.710. The normalized spacial score (nSPS) is 16.6. The molecule has 0 aliphatic carbocycles. The van der Waals surface area contributed by atoms with Gasteiger partial charge in [0, 0.05) is 25.6 Å². The molecule has 2 rings (SSSR count). The Bertz CT molecular complexity index is 667. The van der Waals surface area contributed by atoms with Crippen molar-refractivity contribution < 1.29 is 17.9 Å². The number of carbonyl (C=O) groups excluding carboxylic acids is 1. The molecule has 1 N–H and O–H groups in total. The third-order valence-corrected chi connectivity index (χ3v) is 6.58. The second-order valence-corrected chi connectivity index (χ2v) is 8.54. The Hall–Kier alpha value is -1.60. The lowest BCUT2D eigenvalue weighted by Crippen LogP contribution is -2.43. The van der Waals surface area contributed by atoms with Crippen LogP contribution >= 0.6 is 0 Å². The number of ether oxygens (including phenoxy) is 1. The van der Waals surface area contributed by atoms with E-state index in [1.807, 2.05) is 24.3 Å². The van der Waals surface area contributed by atoms with Crippen LogP contribution in [0.2, 0.25) is 0 Å². The van der Waals surface area contributed by atoms with Crippen molar-refractivity contribution in [3.8, 4) is 5.75 Å². The number of nitrogens with zero attached hydrogens (tertiary/aromatic N) is 1. The van der Waals surface area contributed by atoms with Gasteiger partial charge in [-0.25, -0.2) is 12.7 Å². The van der Waals surface area contributed by atoms with Gasteiger partial charge in [0.2, 0.25) is 15.9 Å². The van der Waals surface area contributed by atoms with Crippen LogP contribution in [-0.4, -0.2) is 51.1 Å². The van der Waals surface area contributed by atoms with Gasteiger partial charge in [0.1, 0.15) is 5.75 Å². The van der Waals surface area contributed by atoms with Gasteiger partial charge < -0.3 is 10.1 Å². The molecule has 0 radical (unpaired) electrons. The average Bonchev–Trinajstić information content (AvgIpc) is 2.65. The average molecular weight is 368 g/mol. The van der Waals surface area contributed by atoms with Gasteiger partial charge in [-0.15, -0.1) is 0 Å². The highest BCUT2D eigenvalue weighted by molar-refractivity contribution is 7.89. The molecule has 1 aliphatic rings. The summed E-state index contributed by atoms with van der Waals surface area (Å²) in [5.74, 6) is 0.939. The van der Waals surface area contributed by atoms with Crippen LogP contribution in [0.3, 0.4) is 0 Å². The number of hydrogen-bond donors (Lipinski definition) is 1. The fraction of sp³-hybridized carbons (Fsp3) is 0.611. The molecule has 0 atom stereocenters. The highest BCUT2D eigenvalue weighted by Crippen LogP contribution is 2.21. The van der Waals surface area contributed by atoms with Gasteiger partial charge in [0.15, 0.2) is 0 Å². The Balaban J connectivity index is 1.71. The summed E-state index contributed by atoms with van der Waals surface area (Å²) in [6.07, 6.45) is 2.88. The van der Waals surface area contributed by atoms with E-state index in [9.17, 15) is 13.2 Å². The molecule has 140 valence electrons. The van der Waals surface area contributed by atoms with E-state index in [-0.39, 0.29) is 17.6 Å². The minimum atomic E-state index is -3.14. The van der Waals surface area contributed by atoms with Crippen LogP contribution in [0.4, 0.5) is 0 Å². The van der Waals surface area contributed by atoms with Crippen molar-refractivity contribution in [1.82, 2.24) is 9.62 Å². The van der Waals surface area contributed by atoms with Crippen molar-refractivity contribution in [2.24, 2.45) is 5.92 Å². The van der Waals surface area contributed by atoms with Gasteiger partial charge in [-0.2, -0.15) is 0 Å². The Morgan fingerprint density at radius 1 is 1.28 bits per heavy atom. The number of nitrogens with one attached hydrogen (secondary N) is 1. The van der Waals surface area contributed by atoms with Gasteiger partial charge in [0.25, 0.3) is 0 Å². The standard InChI is InChI=1S/C18H28N2O4S/c1-3-25(22,23)20-13-10-16(11-14-20)18(21)19-12-6-8-15-7-4-5-9-17(15)24-2/h4-5,7,9,16H,3,6,8,10-14H2,1-2H3,(H,19,21). The summed E-state index contributed by atoms with van der Waals surface area (Å²) in [7, 11) is -1.48. The predicted octanol–water partition coefficient (Wildman–Crippen LogP) is 1.81. The number of hydrogen-bond acceptors (Lipinski definition) is 4. The van der Waals surface area contributed by atoms with Crippen molar-refractivity contribution in [1.29, 1.82) is 0 Å². The minimum Gasteiger partial charge on any atom is -0.496 e. The number of amides is 1. The largest absolute Gasteiger partial charge is 0.496 e. The van der Waals surface area contributed by atoms with Crippen LogP contribution in [0, 0.1) is 5.92 Å². The molecule has 1 aromatic rings. The number of aryl methyl sites for hydroxylation is 1. The van der Waals surface area contributed by atoms with E-state index in [0.29, 0.717) is 32.5 Å². The molecular formula is C18H28N2O4S. The van der Waals surface area contributed by atoms with E-state index < -0.39 is 10.0 Å². The molecular weight excluding hydrogens is 340 g/mol. The smallest absolute Gasteiger partial charge is 0.223 e. The zero-order chi connectivity index (χ0) is 18.3. The zero-order valence-electron chi connectivity index (χ0n) is 15.0. The van der Waals surface area contributed by atoms with Gasteiger partial charge in [-0.3, -0.25) is 4.79 Å². The molecule has 0 saturated carbocycles. The lowest BCUT2D eigenvalue weighted by atomic mass is 9.97. The molecule has 1 aliphatic heterocycles. The first-order chi connectivity index (χ1) is 12.0. The van der Waals surface area contributed by atoms with Crippen LogP contribution in [0.25, 0.3) is 0 Å². The maximum atomic E-state index is 12.3. The summed E-state index contributed by atoms with van der Waals surface area (Å²) in [6.45, 7) is 3.14. The summed E-state index contributed by atoms with van der Waals surface area (Å²) in [6, 6.07) is 7.89. The number of rotatable bonds is 8. The molecule has 1 aromatic carbocycles. The summed E-state index contributed by atoms with van der Waals surface area (Å²) >= 11 is 0. The number of piperidine rings is 1. The molecule has 1 heterocycles. The lowest BCUT2D eigenvalue weighted by molar-refractivity contribution is -0.126. The van der Waals surface area contributed by atoms with Crippen molar-refractivity contribution >= 4 is 15.9 Å². The number of methoxy groups -OCH3 is 1. The Morgan fingerprint density at radius 3 is 2.60 bits per heavy atom. The monoisotopic (exact) mass is 368 g/mol. The number of sulfonamides is 1. The van der Waals surface area contributed by atoms with Crippen LogP contribution in [0.5, 0.6) is 5.75 Å². The van der Waals surface area contributed by atoms with E-state index in [1.165, 1.54) is 4.31 Å². The summed E-state index contributed by atoms with van der Waals surface area (Å²) in [5, 5.41) is 2.98. The number of carbonyl (C=O) groups is 1. The molecule has 6 nitrogen and oxygen atoms in total. The van der Waals surface area contributed by atoms with Crippen LogP contribution in [-0.2, 0) is 21.2 Å². The Morgan fingerprint density at radius 2 is 1.96 bits per heavy atom. The molecule has 1 saturated heterocycles. The topological polar surface area (TPSA) is 75.7 Å². The number of para-hydroxylation sites is 1. The van der Waals surface area contributed by atoms with E-state index >= 15 is 0 Å². The van der Waals surface area contributed by atoms with Crippen molar-refractivity contribution in [3.05, 3.63) is 29.8 Å². The van der Waals surface area contributed by atoms with Crippen molar-refractivity contribution in [2.75, 3.05) is 32.5 Å². The van der Waals surface area contributed by atoms with Gasteiger partial charge >= 0.3 is 0 Å². The first-order valence-corrected chi connectivity index (χ1v) is 10.5. The first kappa shape index (κ1) is 19.7. The highest BCUT2D eigenvalue weighted by Gasteiger charge is 2.29. The second kappa shape index (κ2) is 9.20. The maximum Gasteiger partial charge on any atom is 0.223 e. The zero-order valence-corrected chi connectivity index (χ0v) is 15.8. The molecule has 25 heavy (non-hydrogen) atoms.